The van der Waals surface area contributed by atoms with Gasteiger partial charge in [0.15, 0.2) is 23.1 Å². The van der Waals surface area contributed by atoms with Gasteiger partial charge in [0.05, 0.1) is 37.9 Å². The number of rotatable bonds is 27. The third-order valence-corrected chi connectivity index (χ3v) is 14.4. The molecule has 0 radical (unpaired) electrons. The number of hydroxylamine groups is 2. The van der Waals surface area contributed by atoms with Crippen LogP contribution in [0.2, 0.25) is 0 Å². The zero-order valence-electron chi connectivity index (χ0n) is 89.7. The van der Waals surface area contributed by atoms with E-state index in [2.05, 4.69) is 77.2 Å². The van der Waals surface area contributed by atoms with Crippen molar-refractivity contribution in [3.05, 3.63) is 360 Å². The minimum atomic E-state index is -0.516. The highest BCUT2D eigenvalue weighted by molar-refractivity contribution is 6.35. The molecule has 24 heteroatoms. The lowest BCUT2D eigenvalue weighted by atomic mass is 10.1. The molecule has 9 aromatic rings. The van der Waals surface area contributed by atoms with E-state index < -0.39 is 5.97 Å². The summed E-state index contributed by atoms with van der Waals surface area (Å²) in [6.45, 7) is 54.0. The molecular formula is C116H165N9O15. The lowest BCUT2D eigenvalue weighted by Crippen LogP contribution is -2.17. The van der Waals surface area contributed by atoms with Crippen molar-refractivity contribution in [2.24, 2.45) is 35.8 Å². The second-order valence-electron chi connectivity index (χ2n) is 24.8. The number of allylic oxidation sites excluding steroid dienone is 8. The number of para-hydroxylation sites is 2. The number of hydrogen-bond donors (Lipinski definition) is 5. The molecule has 0 aliphatic rings. The summed E-state index contributed by atoms with van der Waals surface area (Å²) in [5.41, 5.74) is 16.9. The van der Waals surface area contributed by atoms with E-state index >= 15 is 0 Å². The lowest BCUT2D eigenvalue weighted by Gasteiger charge is -2.03. The fraction of sp³-hybridized carbons (Fsp3) is 0.310. The Morgan fingerprint density at radius 1 is 0.357 bits per heavy atom. The molecule has 24 nitrogen and oxygen atoms in total. The highest BCUT2D eigenvalue weighted by Crippen LogP contribution is 2.12. The summed E-state index contributed by atoms with van der Waals surface area (Å²) in [5.74, 6) is 6.19. The van der Waals surface area contributed by atoms with Crippen molar-refractivity contribution in [2.45, 2.75) is 194 Å². The normalized spacial score (nSPS) is 10.3. The minimum Gasteiger partial charge on any atom is -0.488 e. The van der Waals surface area contributed by atoms with Crippen molar-refractivity contribution in [2.75, 3.05) is 55.2 Å². The van der Waals surface area contributed by atoms with Gasteiger partial charge in [-0.2, -0.15) is 0 Å². The van der Waals surface area contributed by atoms with Crippen LogP contribution in [0.1, 0.15) is 242 Å². The highest BCUT2D eigenvalue weighted by Gasteiger charge is 2.09. The maximum Gasteiger partial charge on any atom is 0.361 e. The average molecular weight is 1930 g/mol. The molecule has 0 unspecified atom stereocenters. The third kappa shape index (κ3) is 92.0. The molecule has 0 aliphatic carbocycles. The number of carbonyl (C=O) groups excluding carboxylic acids is 5. The molecule has 764 valence electrons. The van der Waals surface area contributed by atoms with Crippen LogP contribution >= 0.6 is 0 Å². The van der Waals surface area contributed by atoms with E-state index in [1.165, 1.54) is 54.4 Å². The van der Waals surface area contributed by atoms with Gasteiger partial charge in [0.25, 0.3) is 0 Å². The zero-order valence-corrected chi connectivity index (χ0v) is 89.7. The lowest BCUT2D eigenvalue weighted by molar-refractivity contribution is -0.138. The largest absolute Gasteiger partial charge is 0.488 e. The molecule has 5 N–H and O–H groups in total. The predicted octanol–water partition coefficient (Wildman–Crippen LogP) is 28.9. The van der Waals surface area contributed by atoms with Crippen LogP contribution in [0.25, 0.3) is 24.3 Å². The van der Waals surface area contributed by atoms with Gasteiger partial charge in [-0.25, -0.2) is 4.79 Å². The van der Waals surface area contributed by atoms with Crippen LogP contribution in [0.4, 0.5) is 0 Å². The Balaban J connectivity index is -0.000000193. The van der Waals surface area contributed by atoms with Crippen LogP contribution in [0.5, 0.6) is 11.5 Å². The summed E-state index contributed by atoms with van der Waals surface area (Å²) in [7, 11) is 7.28. The molecule has 0 heterocycles. The first-order chi connectivity index (χ1) is 67.9. The number of oxime groups is 5. The van der Waals surface area contributed by atoms with E-state index in [1.54, 1.807) is 108 Å². The Labute approximate surface area is 841 Å². The van der Waals surface area contributed by atoms with Gasteiger partial charge in [-0.15, -0.1) is 0 Å². The van der Waals surface area contributed by atoms with Crippen molar-refractivity contribution in [3.8, 4) is 23.3 Å². The first-order valence-electron chi connectivity index (χ1n) is 46.8. The Bertz CT molecular complexity index is 4920. The van der Waals surface area contributed by atoms with Crippen molar-refractivity contribution >= 4 is 93.6 Å². The minimum absolute atomic E-state index is 0.0346. The molecule has 9 rings (SSSR count). The molecule has 0 amide bonds. The van der Waals surface area contributed by atoms with Gasteiger partial charge in [0.2, 0.25) is 0 Å². The summed E-state index contributed by atoms with van der Waals surface area (Å²) in [6, 6.07) is 85.8. The van der Waals surface area contributed by atoms with Crippen molar-refractivity contribution in [3.63, 3.8) is 0 Å². The predicted molar refractivity (Wildman–Crippen MR) is 594 cm³/mol. The molecule has 9 aromatic carbocycles. The van der Waals surface area contributed by atoms with E-state index in [4.69, 9.17) is 25.1 Å². The summed E-state index contributed by atoms with van der Waals surface area (Å²) >= 11 is 0. The number of esters is 2. The molecule has 0 saturated heterocycles. The standard InChI is InChI=1S/C13H15NO2.C13H15NO.C11H13NO2.C11H13NO.C11H11NO.C10H11NO3.C10H11NO2.C10H11NO.C9H11NO2.9C2H6/c1-11(14-10-13(15)16-2)8-9-12-6-4-3-5-7-12;1-11(14-10-12(2)15)8-9-13-6-4-3-5-7-13;1-9(12-14-2)8-11(13)10-6-4-3-5-7-10;2*1-10(12-13-2)8-9-11-6-4-3-5-7-11;1-8(11-13-2)10(12)14-9-6-4-3-5-7-9;1-8(11-13)7-10(12)9-5-3-2-4-6-9;1-9(11-12)7-8-10-5-3-2-4-6-10;1-8(10-11)7-12-9-5-3-2-4-6-9;9*1-2/h3-9H,10H2,1-2H3;3-9H,10H2,1-2H3;3-8,12H,1-2H3;3-9H,1-2H3;3-7H,1-2H3;3-7H,1-2H3;2-7,11,13H,1H3;2-8,12H,1H3;2-6,11H,7H2,1H3;9*1-2H3/b2*9-8+,14-11?;;9-8+,12-10-;12-10-;11-8-;;8-7+,11-9-;10-8-;;;;;;;;;. The smallest absolute Gasteiger partial charge is 0.361 e. The number of carbonyl (C=O) groups is 5. The number of nitrogens with one attached hydrogen (secondary N) is 2. The van der Waals surface area contributed by atoms with Gasteiger partial charge in [0, 0.05) is 51.7 Å². The number of ether oxygens (including phenoxy) is 3. The number of nitrogens with zero attached hydrogens (tertiary/aromatic N) is 7. The highest BCUT2D eigenvalue weighted by atomic mass is 16.6. The van der Waals surface area contributed by atoms with E-state index in [1.807, 2.05) is 406 Å². The van der Waals surface area contributed by atoms with Crippen LogP contribution in [-0.4, -0.2) is 140 Å². The fourth-order valence-electron chi connectivity index (χ4n) is 8.34. The molecule has 0 atom stereocenters. The van der Waals surface area contributed by atoms with Gasteiger partial charge < -0.3 is 39.1 Å². The van der Waals surface area contributed by atoms with Crippen molar-refractivity contribution in [1.82, 2.24) is 11.0 Å². The molecule has 0 aliphatic heterocycles. The topological polar surface area (TPSA) is 321 Å². The van der Waals surface area contributed by atoms with E-state index in [0.29, 0.717) is 52.0 Å². The number of benzene rings is 9. The average Bonchev–Trinajstić information content (AvgIpc) is 0.905. The van der Waals surface area contributed by atoms with Crippen LogP contribution in [0.3, 0.4) is 0 Å². The van der Waals surface area contributed by atoms with Crippen LogP contribution < -0.4 is 20.4 Å². The van der Waals surface area contributed by atoms with Crippen LogP contribution in [0, 0.1) is 11.8 Å². The van der Waals surface area contributed by atoms with Crippen molar-refractivity contribution < 1.29 is 73.2 Å². The second-order valence-corrected chi connectivity index (χ2v) is 24.8. The monoisotopic (exact) mass is 1920 g/mol. The van der Waals surface area contributed by atoms with E-state index in [-0.39, 0.29) is 42.1 Å². The van der Waals surface area contributed by atoms with Crippen LogP contribution in [-0.2, 0) is 38.5 Å². The first-order valence-corrected chi connectivity index (χ1v) is 46.8. The molecular weight excluding hydrogens is 1760 g/mol. The summed E-state index contributed by atoms with van der Waals surface area (Å²) in [6.07, 6.45) is 18.1. The Kier molecular flexibility index (Phi) is 113. The molecule has 0 fully saturated rings. The summed E-state index contributed by atoms with van der Waals surface area (Å²) < 4.78 is 14.7. The van der Waals surface area contributed by atoms with Crippen molar-refractivity contribution in [1.29, 1.82) is 0 Å². The van der Waals surface area contributed by atoms with E-state index in [0.717, 1.165) is 50.7 Å². The fourth-order valence-corrected chi connectivity index (χ4v) is 8.34. The number of aliphatic imine (C=N–C) groups is 2. The van der Waals surface area contributed by atoms with Gasteiger partial charge in [-0.3, -0.25) is 50.2 Å². The Hall–Kier alpha value is -15.1. The molecule has 140 heavy (non-hydrogen) atoms. The molecule has 0 spiro atoms. The van der Waals surface area contributed by atoms with Gasteiger partial charge in [-0.05, 0) is 158 Å². The Morgan fingerprint density at radius 2 is 0.671 bits per heavy atom. The number of ketones is 3. The zero-order chi connectivity index (χ0) is 108. The summed E-state index contributed by atoms with van der Waals surface area (Å²) in [5, 5.41) is 42.1. The van der Waals surface area contributed by atoms with Gasteiger partial charge >= 0.3 is 11.9 Å². The van der Waals surface area contributed by atoms with Crippen LogP contribution in [0.15, 0.2) is 357 Å². The quantitative estimate of drug-likeness (QED) is 0.00467. The first kappa shape index (κ1) is 143. The molecule has 0 aromatic heterocycles. The number of methoxy groups -OCH3 is 1. The SMILES string of the molecule is C/C(COc1ccccc1)=N/O.CC.CC.CC.CC.CC.CC.CC.CC.CC.CC(/C=C/c1ccccc1)=N/O.CC(=CC(=O)c1ccccc1)NO.CC(=O)CN=C(C)/C=C/c1ccccc1.CO/N=C(/C)C#Cc1ccccc1.CO/N=C(/C)C(=O)Oc1ccccc1.CO/N=C(C)\C=C\c1ccccc1.COC(=O)CN=C(C)/C=C/c1ccccc1.CONC(C)=CC(=O)c1ccccc1. The van der Waals surface area contributed by atoms with Gasteiger partial charge in [-0.1, -0.05) is 417 Å². The maximum absolute atomic E-state index is 11.6. The number of hydrogen-bond acceptors (Lipinski definition) is 24. The molecule has 0 bridgehead atoms. The van der Waals surface area contributed by atoms with Gasteiger partial charge in [0.1, 0.15) is 51.7 Å². The number of Topliss-reactive ketones (excluding diaryl/α,β-unsaturated/α-hetero) is 1. The Morgan fingerprint density at radius 3 is 0.993 bits per heavy atom. The molecule has 0 saturated carbocycles. The second kappa shape index (κ2) is 111. The summed E-state index contributed by atoms with van der Waals surface area (Å²) in [4.78, 5) is 82.3. The van der Waals surface area contributed by atoms with E-state index in [9.17, 15) is 24.0 Å². The maximum atomic E-state index is 11.6. The third-order valence-electron chi connectivity index (χ3n) is 14.4.